The largest absolute Gasteiger partial charge is 0.465 e. The van der Waals surface area contributed by atoms with E-state index in [4.69, 9.17) is 10.5 Å². The molecule has 0 aromatic carbocycles. The molecule has 1 aromatic rings. The first-order chi connectivity index (χ1) is 7.97. The number of nitrogen functional groups attached to an aromatic ring is 1. The molecule has 6 heteroatoms. The molecule has 1 heterocycles. The summed E-state index contributed by atoms with van der Waals surface area (Å²) in [5.41, 5.74) is 7.39. The third kappa shape index (κ3) is 3.12. The maximum Gasteiger partial charge on any atom is 0.325 e. The lowest BCUT2D eigenvalue weighted by Gasteiger charge is -2.07. The summed E-state index contributed by atoms with van der Waals surface area (Å²) in [7, 11) is 1.79. The fourth-order valence-corrected chi connectivity index (χ4v) is 1.57. The molecule has 0 aliphatic rings. The number of carbonyl (C=O) groups excluding carboxylic acids is 1. The molecule has 0 atom stereocenters. The van der Waals surface area contributed by atoms with E-state index in [1.165, 1.54) is 0 Å². The third-order valence-corrected chi connectivity index (χ3v) is 2.36. The number of hydrogen-bond acceptors (Lipinski definition) is 5. The van der Waals surface area contributed by atoms with Crippen LogP contribution in [0.2, 0.25) is 0 Å². The van der Waals surface area contributed by atoms with Crippen molar-refractivity contribution < 1.29 is 9.53 Å². The van der Waals surface area contributed by atoms with Crippen LogP contribution in [0.5, 0.6) is 0 Å². The molecule has 96 valence electrons. The zero-order chi connectivity index (χ0) is 13.0. The van der Waals surface area contributed by atoms with Gasteiger partial charge < -0.3 is 15.8 Å². The Morgan fingerprint density at radius 1 is 1.59 bits per heavy atom. The van der Waals surface area contributed by atoms with Crippen LogP contribution in [0.4, 0.5) is 11.5 Å². The highest BCUT2D eigenvalue weighted by molar-refractivity contribution is 5.77. The Morgan fingerprint density at radius 2 is 2.24 bits per heavy atom. The lowest BCUT2D eigenvalue weighted by Crippen LogP contribution is -2.18. The number of aromatic nitrogens is 2. The van der Waals surface area contributed by atoms with Crippen LogP contribution < -0.4 is 11.1 Å². The highest BCUT2D eigenvalue weighted by atomic mass is 16.5. The smallest absolute Gasteiger partial charge is 0.325 e. The van der Waals surface area contributed by atoms with E-state index >= 15 is 0 Å². The van der Waals surface area contributed by atoms with Gasteiger partial charge in [-0.25, -0.2) is 0 Å². The van der Waals surface area contributed by atoms with E-state index in [-0.39, 0.29) is 18.4 Å². The number of aryl methyl sites for hydroxylation is 1. The van der Waals surface area contributed by atoms with Crippen molar-refractivity contribution in [1.82, 2.24) is 9.78 Å². The van der Waals surface area contributed by atoms with E-state index in [1.54, 1.807) is 18.7 Å². The summed E-state index contributed by atoms with van der Waals surface area (Å²) >= 11 is 0. The highest BCUT2D eigenvalue weighted by Crippen LogP contribution is 2.27. The predicted molar refractivity (Wildman–Crippen MR) is 66.8 cm³/mol. The Labute approximate surface area is 101 Å². The van der Waals surface area contributed by atoms with Crippen molar-refractivity contribution in [3.63, 3.8) is 0 Å². The van der Waals surface area contributed by atoms with Gasteiger partial charge in [0.1, 0.15) is 12.4 Å². The molecule has 0 saturated carbocycles. The van der Waals surface area contributed by atoms with Crippen molar-refractivity contribution in [3.8, 4) is 0 Å². The molecular weight excluding hydrogens is 220 g/mol. The van der Waals surface area contributed by atoms with Crippen molar-refractivity contribution >= 4 is 17.5 Å². The van der Waals surface area contributed by atoms with Crippen LogP contribution in [-0.4, -0.2) is 28.9 Å². The van der Waals surface area contributed by atoms with Gasteiger partial charge in [-0.1, -0.05) is 13.8 Å². The molecule has 17 heavy (non-hydrogen) atoms. The van der Waals surface area contributed by atoms with E-state index in [2.05, 4.69) is 10.4 Å². The molecule has 0 aliphatic heterocycles. The first-order valence-electron chi connectivity index (χ1n) is 5.69. The lowest BCUT2D eigenvalue weighted by atomic mass is 10.1. The Balaban J connectivity index is 2.74. The van der Waals surface area contributed by atoms with Crippen molar-refractivity contribution in [2.45, 2.75) is 26.7 Å². The molecule has 0 unspecified atom stereocenters. The second kappa shape index (κ2) is 5.56. The molecule has 0 radical (unpaired) electrons. The first kappa shape index (κ1) is 13.3. The summed E-state index contributed by atoms with van der Waals surface area (Å²) in [6, 6.07) is 0. The second-order valence-corrected chi connectivity index (χ2v) is 4.08. The number of rotatable bonds is 5. The summed E-state index contributed by atoms with van der Waals surface area (Å²) in [6.45, 7) is 6.28. The topological polar surface area (TPSA) is 82.2 Å². The molecule has 0 amide bonds. The lowest BCUT2D eigenvalue weighted by molar-refractivity contribution is -0.140. The van der Waals surface area contributed by atoms with Crippen molar-refractivity contribution in [1.29, 1.82) is 0 Å². The zero-order valence-electron chi connectivity index (χ0n) is 10.8. The Hall–Kier alpha value is -1.72. The van der Waals surface area contributed by atoms with E-state index in [1.807, 2.05) is 13.8 Å². The molecule has 1 aromatic heterocycles. The third-order valence-electron chi connectivity index (χ3n) is 2.36. The molecule has 3 N–H and O–H groups in total. The number of hydrogen-bond donors (Lipinski definition) is 2. The minimum atomic E-state index is -0.306. The average molecular weight is 240 g/mol. The highest BCUT2D eigenvalue weighted by Gasteiger charge is 2.16. The number of nitrogens with one attached hydrogen (secondary N) is 1. The number of carbonyl (C=O) groups is 1. The first-order valence-corrected chi connectivity index (χ1v) is 5.69. The monoisotopic (exact) mass is 240 g/mol. The summed E-state index contributed by atoms with van der Waals surface area (Å²) in [5, 5.41) is 7.25. The maximum absolute atomic E-state index is 11.2. The van der Waals surface area contributed by atoms with Gasteiger partial charge in [0.15, 0.2) is 0 Å². The molecule has 1 rings (SSSR count). The summed E-state index contributed by atoms with van der Waals surface area (Å²) in [4.78, 5) is 11.2. The van der Waals surface area contributed by atoms with Gasteiger partial charge in [0.25, 0.3) is 0 Å². The maximum atomic E-state index is 11.2. The minimum Gasteiger partial charge on any atom is -0.465 e. The number of nitrogens with zero attached hydrogens (tertiary/aromatic N) is 2. The normalized spacial score (nSPS) is 10.6. The van der Waals surface area contributed by atoms with Gasteiger partial charge in [-0.2, -0.15) is 5.10 Å². The minimum absolute atomic E-state index is 0.0924. The zero-order valence-corrected chi connectivity index (χ0v) is 10.8. The quantitative estimate of drug-likeness (QED) is 0.753. The summed E-state index contributed by atoms with van der Waals surface area (Å²) in [5.74, 6) is 0.597. The predicted octanol–water partition coefficient (Wildman–Crippen LogP) is 1.10. The van der Waals surface area contributed by atoms with Gasteiger partial charge in [0.2, 0.25) is 0 Å². The molecule has 0 fully saturated rings. The van der Waals surface area contributed by atoms with E-state index in [0.717, 1.165) is 5.69 Å². The molecule has 0 bridgehead atoms. The average Bonchev–Trinajstić information content (AvgIpc) is 2.52. The standard InChI is InChI=1S/C11H20N4O2/c1-5-17-8(16)6-13-11-9(12)10(7(2)3)14-15(11)4/h7,13H,5-6,12H2,1-4H3. The van der Waals surface area contributed by atoms with Crippen LogP contribution in [0.15, 0.2) is 0 Å². The number of nitrogens with two attached hydrogens (primary N) is 1. The van der Waals surface area contributed by atoms with Gasteiger partial charge in [-0.3, -0.25) is 9.48 Å². The van der Waals surface area contributed by atoms with Gasteiger partial charge in [-0.15, -0.1) is 0 Å². The molecule has 0 saturated heterocycles. The fraction of sp³-hybridized carbons (Fsp3) is 0.636. The Kier molecular flexibility index (Phi) is 4.37. The second-order valence-electron chi connectivity index (χ2n) is 4.08. The van der Waals surface area contributed by atoms with Gasteiger partial charge in [0, 0.05) is 7.05 Å². The van der Waals surface area contributed by atoms with E-state index in [0.29, 0.717) is 18.1 Å². The molecular formula is C11H20N4O2. The summed E-state index contributed by atoms with van der Waals surface area (Å²) in [6.07, 6.45) is 0. The van der Waals surface area contributed by atoms with E-state index in [9.17, 15) is 4.79 Å². The number of anilines is 2. The summed E-state index contributed by atoms with van der Waals surface area (Å²) < 4.78 is 6.47. The molecule has 0 spiro atoms. The van der Waals surface area contributed by atoms with Crippen LogP contribution in [-0.2, 0) is 16.6 Å². The SMILES string of the molecule is CCOC(=O)CNc1c(N)c(C(C)C)nn1C. The number of esters is 1. The van der Waals surface area contributed by atoms with Crippen molar-refractivity contribution in [2.75, 3.05) is 24.2 Å². The molecule has 6 nitrogen and oxygen atoms in total. The van der Waals surface area contributed by atoms with Crippen molar-refractivity contribution in [3.05, 3.63) is 5.69 Å². The van der Waals surface area contributed by atoms with Crippen LogP contribution in [0.3, 0.4) is 0 Å². The van der Waals surface area contributed by atoms with Gasteiger partial charge in [0.05, 0.1) is 18.0 Å². The van der Waals surface area contributed by atoms with Crippen LogP contribution in [0.1, 0.15) is 32.4 Å². The van der Waals surface area contributed by atoms with Crippen LogP contribution >= 0.6 is 0 Å². The molecule has 0 aliphatic carbocycles. The van der Waals surface area contributed by atoms with Gasteiger partial charge >= 0.3 is 5.97 Å². The fourth-order valence-electron chi connectivity index (χ4n) is 1.57. The Morgan fingerprint density at radius 3 is 2.71 bits per heavy atom. The van der Waals surface area contributed by atoms with Crippen LogP contribution in [0.25, 0.3) is 0 Å². The van der Waals surface area contributed by atoms with Crippen molar-refractivity contribution in [2.24, 2.45) is 7.05 Å². The number of ether oxygens (including phenoxy) is 1. The Bertz CT molecular complexity index is 398. The van der Waals surface area contributed by atoms with Gasteiger partial charge in [-0.05, 0) is 12.8 Å². The van der Waals surface area contributed by atoms with E-state index < -0.39 is 0 Å². The van der Waals surface area contributed by atoms with Crippen LogP contribution in [0, 0.1) is 0 Å².